The maximum atomic E-state index is 3.26. The van der Waals surface area contributed by atoms with Crippen molar-refractivity contribution in [1.82, 2.24) is 5.32 Å². The van der Waals surface area contributed by atoms with Crippen LogP contribution in [0.1, 0.15) is 20.3 Å². The molecule has 0 aromatic carbocycles. The molecule has 0 aliphatic rings. The van der Waals surface area contributed by atoms with Gasteiger partial charge in [0.15, 0.2) is 0 Å². The molecule has 0 atom stereocenters. The molecule has 1 nitrogen and oxygen atoms in total. The van der Waals surface area contributed by atoms with Gasteiger partial charge in [-0.05, 0) is 31.4 Å². The van der Waals surface area contributed by atoms with Gasteiger partial charge < -0.3 is 5.32 Å². The van der Waals surface area contributed by atoms with E-state index >= 15 is 0 Å². The molecule has 0 rings (SSSR count). The summed E-state index contributed by atoms with van der Waals surface area (Å²) in [4.78, 5) is 0. The summed E-state index contributed by atoms with van der Waals surface area (Å²) in [5.74, 6) is 8.32. The van der Waals surface area contributed by atoms with Crippen LogP contribution < -0.4 is 5.32 Å². The molecule has 0 heterocycles. The van der Waals surface area contributed by atoms with E-state index in [1.54, 1.807) is 0 Å². The fourth-order valence-corrected chi connectivity index (χ4v) is 1.32. The van der Waals surface area contributed by atoms with Gasteiger partial charge in [-0.1, -0.05) is 12.8 Å². The van der Waals surface area contributed by atoms with Crippen molar-refractivity contribution in [2.24, 2.45) is 0 Å². The van der Waals surface area contributed by atoms with E-state index in [4.69, 9.17) is 0 Å². The van der Waals surface area contributed by atoms with Crippen LogP contribution >= 0.6 is 11.8 Å². The Kier molecular flexibility index (Phi) is 9.75. The lowest BCUT2D eigenvalue weighted by Crippen LogP contribution is -2.15. The zero-order valence-corrected chi connectivity index (χ0v) is 8.26. The van der Waals surface area contributed by atoms with Crippen molar-refractivity contribution in [1.29, 1.82) is 0 Å². The van der Waals surface area contributed by atoms with Gasteiger partial charge >= 0.3 is 0 Å². The van der Waals surface area contributed by atoms with Crippen LogP contribution in [0.2, 0.25) is 0 Å². The van der Waals surface area contributed by atoms with Crippen molar-refractivity contribution >= 4 is 11.8 Å². The molecule has 0 aromatic rings. The summed E-state index contributed by atoms with van der Waals surface area (Å²) in [6.07, 6.45) is 1.25. The molecule has 0 saturated carbocycles. The normalized spacial score (nSPS) is 8.91. The molecule has 64 valence electrons. The topological polar surface area (TPSA) is 12.0 Å². The summed E-state index contributed by atoms with van der Waals surface area (Å²) in [6, 6.07) is 0. The van der Waals surface area contributed by atoms with Crippen molar-refractivity contribution in [3.63, 3.8) is 0 Å². The Hall–Kier alpha value is -0.130. The highest BCUT2D eigenvalue weighted by molar-refractivity contribution is 7.99. The number of hydrogen-bond donors (Lipinski definition) is 1. The van der Waals surface area contributed by atoms with Gasteiger partial charge in [-0.2, -0.15) is 11.8 Å². The highest BCUT2D eigenvalue weighted by Gasteiger charge is 1.85. The maximum Gasteiger partial charge on any atom is 0.0576 e. The van der Waals surface area contributed by atoms with E-state index in [2.05, 4.69) is 24.1 Å². The number of hydrogen-bond acceptors (Lipinski definition) is 2. The fraction of sp³-hybridized carbons (Fsp3) is 0.778. The molecule has 0 aromatic heterocycles. The van der Waals surface area contributed by atoms with Crippen LogP contribution in [-0.4, -0.2) is 24.6 Å². The van der Waals surface area contributed by atoms with Gasteiger partial charge in [0.25, 0.3) is 0 Å². The Bertz CT molecular complexity index is 123. The number of thioether (sulfide) groups is 1. The average molecular weight is 171 g/mol. The highest BCUT2D eigenvalue weighted by Crippen LogP contribution is 1.98. The van der Waals surface area contributed by atoms with Crippen molar-refractivity contribution < 1.29 is 0 Å². The molecule has 0 aliphatic heterocycles. The lowest BCUT2D eigenvalue weighted by molar-refractivity contribution is 0.741. The van der Waals surface area contributed by atoms with E-state index < -0.39 is 0 Å². The monoisotopic (exact) mass is 171 g/mol. The van der Waals surface area contributed by atoms with E-state index in [9.17, 15) is 0 Å². The maximum absolute atomic E-state index is 3.26. The van der Waals surface area contributed by atoms with Gasteiger partial charge in [0.1, 0.15) is 0 Å². The molecule has 0 saturated heterocycles. The van der Waals surface area contributed by atoms with Crippen LogP contribution in [0.25, 0.3) is 0 Å². The predicted molar refractivity (Wildman–Crippen MR) is 53.9 cm³/mol. The molecule has 0 radical (unpaired) electrons. The van der Waals surface area contributed by atoms with E-state index in [0.29, 0.717) is 0 Å². The Balaban J connectivity index is 2.83. The molecular weight excluding hydrogens is 154 g/mol. The highest BCUT2D eigenvalue weighted by atomic mass is 32.2. The molecule has 0 aliphatic carbocycles. The summed E-state index contributed by atoms with van der Waals surface area (Å²) in [6.45, 7) is 6.00. The minimum atomic E-state index is 0.841. The number of rotatable bonds is 6. The second-order valence-corrected chi connectivity index (χ2v) is 3.55. The van der Waals surface area contributed by atoms with Gasteiger partial charge in [-0.25, -0.2) is 0 Å². The van der Waals surface area contributed by atoms with Crippen molar-refractivity contribution in [3.05, 3.63) is 0 Å². The van der Waals surface area contributed by atoms with Crippen molar-refractivity contribution in [3.8, 4) is 11.8 Å². The molecule has 11 heavy (non-hydrogen) atoms. The minimum Gasteiger partial charge on any atom is -0.306 e. The van der Waals surface area contributed by atoms with E-state index in [1.165, 1.54) is 17.9 Å². The second kappa shape index (κ2) is 9.87. The smallest absolute Gasteiger partial charge is 0.0576 e. The third-order valence-corrected chi connectivity index (χ3v) is 2.22. The van der Waals surface area contributed by atoms with Gasteiger partial charge in [-0.3, -0.25) is 0 Å². The molecular formula is C9H17NS. The summed E-state index contributed by atoms with van der Waals surface area (Å²) >= 11 is 2.00. The van der Waals surface area contributed by atoms with Gasteiger partial charge in [-0.15, -0.1) is 5.92 Å². The van der Waals surface area contributed by atoms with Crippen LogP contribution in [-0.2, 0) is 0 Å². The summed E-state index contributed by atoms with van der Waals surface area (Å²) in [7, 11) is 0. The quantitative estimate of drug-likeness (QED) is 0.482. The Labute approximate surface area is 74.3 Å². The average Bonchev–Trinajstić information content (AvgIpc) is 2.03. The first-order chi connectivity index (χ1) is 5.41. The Morgan fingerprint density at radius 3 is 2.91 bits per heavy atom. The van der Waals surface area contributed by atoms with Crippen molar-refractivity contribution in [2.75, 3.05) is 24.6 Å². The van der Waals surface area contributed by atoms with Crippen LogP contribution in [0.3, 0.4) is 0 Å². The van der Waals surface area contributed by atoms with E-state index in [0.717, 1.165) is 13.1 Å². The van der Waals surface area contributed by atoms with Gasteiger partial charge in [0.2, 0.25) is 0 Å². The largest absolute Gasteiger partial charge is 0.306 e. The predicted octanol–water partition coefficient (Wildman–Crippen LogP) is 1.74. The van der Waals surface area contributed by atoms with E-state index in [1.807, 2.05) is 18.7 Å². The lowest BCUT2D eigenvalue weighted by Gasteiger charge is -1.98. The second-order valence-electron chi connectivity index (χ2n) is 2.15. The van der Waals surface area contributed by atoms with Crippen molar-refractivity contribution in [2.45, 2.75) is 20.3 Å². The molecule has 0 bridgehead atoms. The summed E-state index contributed by atoms with van der Waals surface area (Å²) < 4.78 is 0. The molecule has 2 heteroatoms. The Morgan fingerprint density at radius 1 is 1.45 bits per heavy atom. The molecule has 0 amide bonds. The van der Waals surface area contributed by atoms with Crippen LogP contribution in [0.5, 0.6) is 0 Å². The third-order valence-electron chi connectivity index (χ3n) is 1.24. The summed E-state index contributed by atoms with van der Waals surface area (Å²) in [5, 5.41) is 3.26. The standard InChI is InChI=1S/C9H17NS/c1-3-5-7-10-8-6-9-11-4-2/h10H,4,6-9H2,1-2H3. The fourth-order valence-electron chi connectivity index (χ4n) is 0.683. The zero-order chi connectivity index (χ0) is 8.36. The SMILES string of the molecule is CC#CCNCCCSCC. The first-order valence-electron chi connectivity index (χ1n) is 4.10. The summed E-state index contributed by atoms with van der Waals surface area (Å²) in [5.41, 5.74) is 0. The minimum absolute atomic E-state index is 0.841. The Morgan fingerprint density at radius 2 is 2.27 bits per heavy atom. The molecule has 1 N–H and O–H groups in total. The molecule has 0 fully saturated rings. The van der Waals surface area contributed by atoms with E-state index in [-0.39, 0.29) is 0 Å². The molecule has 0 unspecified atom stereocenters. The number of nitrogens with one attached hydrogen (secondary N) is 1. The van der Waals surface area contributed by atoms with Crippen LogP contribution in [0.4, 0.5) is 0 Å². The first kappa shape index (κ1) is 10.9. The first-order valence-corrected chi connectivity index (χ1v) is 5.25. The van der Waals surface area contributed by atoms with Gasteiger partial charge in [0.05, 0.1) is 6.54 Å². The van der Waals surface area contributed by atoms with Gasteiger partial charge in [0, 0.05) is 0 Å². The molecule has 0 spiro atoms. The third kappa shape index (κ3) is 9.87. The van der Waals surface area contributed by atoms with Crippen LogP contribution in [0, 0.1) is 11.8 Å². The zero-order valence-electron chi connectivity index (χ0n) is 7.44. The van der Waals surface area contributed by atoms with Crippen LogP contribution in [0.15, 0.2) is 0 Å². The lowest BCUT2D eigenvalue weighted by atomic mass is 10.4.